The number of aromatic nitrogens is 4. The molecule has 4 heterocycles. The summed E-state index contributed by atoms with van der Waals surface area (Å²) >= 11 is 0. The normalized spacial score (nSPS) is 23.0. The Hall–Kier alpha value is -3.53. The molecule has 2 aromatic heterocycles. The average Bonchev–Trinajstić information content (AvgIpc) is 3.42. The van der Waals surface area contributed by atoms with Gasteiger partial charge in [-0.05, 0) is 26.0 Å². The van der Waals surface area contributed by atoms with Crippen LogP contribution < -0.4 is 15.1 Å². The van der Waals surface area contributed by atoms with Crippen LogP contribution in [0.4, 0.5) is 11.5 Å². The maximum Gasteiger partial charge on any atom is 0.227 e. The fourth-order valence-corrected chi connectivity index (χ4v) is 4.82. The first-order chi connectivity index (χ1) is 16.5. The lowest BCUT2D eigenvalue weighted by molar-refractivity contribution is -0.126. The van der Waals surface area contributed by atoms with E-state index in [1.807, 2.05) is 30.3 Å². The van der Waals surface area contributed by atoms with E-state index in [0.717, 1.165) is 35.6 Å². The highest BCUT2D eigenvalue weighted by atomic mass is 16.5. The molecule has 0 aliphatic carbocycles. The van der Waals surface area contributed by atoms with Crippen molar-refractivity contribution in [2.24, 2.45) is 5.92 Å². The predicted molar refractivity (Wildman–Crippen MR) is 127 cm³/mol. The van der Waals surface area contributed by atoms with Crippen LogP contribution in [0.5, 0.6) is 0 Å². The fraction of sp³-hybridized carbons (Fsp3) is 0.458. The van der Waals surface area contributed by atoms with E-state index < -0.39 is 0 Å². The lowest BCUT2D eigenvalue weighted by Crippen LogP contribution is -2.45. The molecule has 2 aliphatic heterocycles. The summed E-state index contributed by atoms with van der Waals surface area (Å²) in [5.74, 6) is 0.351. The molecule has 3 aromatic rings. The number of ether oxygens (including phenoxy) is 1. The van der Waals surface area contributed by atoms with E-state index >= 15 is 0 Å². The second kappa shape index (κ2) is 9.38. The third-order valence-corrected chi connectivity index (χ3v) is 6.32. The van der Waals surface area contributed by atoms with Crippen LogP contribution in [0.1, 0.15) is 20.3 Å². The number of hydrogen-bond donors (Lipinski definition) is 1. The molecule has 178 valence electrons. The molecule has 3 atom stereocenters. The summed E-state index contributed by atoms with van der Waals surface area (Å²) in [5.41, 5.74) is 1.56. The first-order valence-electron chi connectivity index (χ1n) is 11.7. The first-order valence-corrected chi connectivity index (χ1v) is 11.7. The van der Waals surface area contributed by atoms with Gasteiger partial charge in [-0.1, -0.05) is 18.2 Å². The van der Waals surface area contributed by atoms with Crippen LogP contribution in [0.2, 0.25) is 0 Å². The van der Waals surface area contributed by atoms with Gasteiger partial charge in [-0.2, -0.15) is 5.10 Å². The van der Waals surface area contributed by atoms with Crippen molar-refractivity contribution >= 4 is 34.4 Å². The standard InChI is InChI=1S/C24H29N7O3/c1-16-12-29(13-17(2)34-16)22-20-11-28-31(23(20)27-15-26-22)9-8-25-24(33)18-10-21(32)30(14-18)19-6-4-3-5-7-19/h3-7,11,15-18H,8-10,12-14H2,1-2H3,(H,25,33)/t16-,17+,18-/m0/s1. The van der Waals surface area contributed by atoms with E-state index in [-0.39, 0.29) is 36.4 Å². The van der Waals surface area contributed by atoms with Gasteiger partial charge < -0.3 is 19.9 Å². The zero-order valence-electron chi connectivity index (χ0n) is 19.4. The number of fused-ring (bicyclic) bond motifs is 1. The van der Waals surface area contributed by atoms with Gasteiger partial charge in [0.25, 0.3) is 0 Å². The molecule has 1 aromatic carbocycles. The van der Waals surface area contributed by atoms with Crippen LogP contribution in [0, 0.1) is 5.92 Å². The van der Waals surface area contributed by atoms with E-state index in [2.05, 4.69) is 39.1 Å². The van der Waals surface area contributed by atoms with Crippen LogP contribution in [-0.4, -0.2) is 69.9 Å². The third-order valence-electron chi connectivity index (χ3n) is 6.32. The molecule has 2 amide bonds. The van der Waals surface area contributed by atoms with Crippen LogP contribution in [-0.2, 0) is 20.9 Å². The molecule has 0 spiro atoms. The quantitative estimate of drug-likeness (QED) is 0.592. The number of benzene rings is 1. The molecule has 0 radical (unpaired) electrons. The van der Waals surface area contributed by atoms with Crippen molar-refractivity contribution in [1.29, 1.82) is 0 Å². The van der Waals surface area contributed by atoms with Crippen molar-refractivity contribution in [3.05, 3.63) is 42.9 Å². The lowest BCUT2D eigenvalue weighted by Gasteiger charge is -2.36. The predicted octanol–water partition coefficient (Wildman–Crippen LogP) is 1.61. The van der Waals surface area contributed by atoms with E-state index in [0.29, 0.717) is 19.6 Å². The van der Waals surface area contributed by atoms with Gasteiger partial charge in [-0.25, -0.2) is 14.6 Å². The minimum atomic E-state index is -0.360. The lowest BCUT2D eigenvalue weighted by atomic mass is 10.1. The minimum Gasteiger partial charge on any atom is -0.372 e. The number of carbonyl (C=O) groups excluding carboxylic acids is 2. The van der Waals surface area contributed by atoms with Gasteiger partial charge in [-0.3, -0.25) is 9.59 Å². The van der Waals surface area contributed by atoms with Crippen LogP contribution in [0.25, 0.3) is 11.0 Å². The number of anilines is 2. The number of morpholine rings is 1. The second-order valence-corrected chi connectivity index (χ2v) is 9.00. The molecule has 5 rings (SSSR count). The highest BCUT2D eigenvalue weighted by Crippen LogP contribution is 2.26. The Balaban J connectivity index is 1.21. The molecule has 2 saturated heterocycles. The van der Waals surface area contributed by atoms with Gasteiger partial charge >= 0.3 is 0 Å². The molecule has 0 bridgehead atoms. The maximum atomic E-state index is 12.7. The fourth-order valence-electron chi connectivity index (χ4n) is 4.82. The van der Waals surface area contributed by atoms with Crippen molar-refractivity contribution in [1.82, 2.24) is 25.1 Å². The molecule has 1 N–H and O–H groups in total. The number of nitrogens with one attached hydrogen (secondary N) is 1. The summed E-state index contributed by atoms with van der Waals surface area (Å²) in [7, 11) is 0. The molecule has 2 fully saturated rings. The molecule has 10 heteroatoms. The summed E-state index contributed by atoms with van der Waals surface area (Å²) in [6.07, 6.45) is 3.81. The number of amides is 2. The Bertz CT molecular complexity index is 1170. The van der Waals surface area contributed by atoms with Crippen molar-refractivity contribution < 1.29 is 14.3 Å². The van der Waals surface area contributed by atoms with E-state index in [4.69, 9.17) is 4.74 Å². The van der Waals surface area contributed by atoms with Gasteiger partial charge in [0, 0.05) is 38.3 Å². The summed E-state index contributed by atoms with van der Waals surface area (Å²) in [5, 5.41) is 8.33. The number of nitrogens with zero attached hydrogens (tertiary/aromatic N) is 6. The highest BCUT2D eigenvalue weighted by molar-refractivity contribution is 6.00. The molecule has 0 unspecified atom stereocenters. The molecular weight excluding hydrogens is 434 g/mol. The monoisotopic (exact) mass is 463 g/mol. The largest absolute Gasteiger partial charge is 0.372 e. The molecule has 34 heavy (non-hydrogen) atoms. The van der Waals surface area contributed by atoms with E-state index in [1.165, 1.54) is 0 Å². The van der Waals surface area contributed by atoms with Crippen molar-refractivity contribution in [3.8, 4) is 0 Å². The number of carbonyl (C=O) groups is 2. The summed E-state index contributed by atoms with van der Waals surface area (Å²) < 4.78 is 7.62. The SMILES string of the molecule is C[C@@H]1CN(c2ncnc3c2cnn3CCNC(=O)[C@H]2CC(=O)N(c3ccccc3)C2)C[C@H](C)O1. The van der Waals surface area contributed by atoms with Gasteiger partial charge in [0.2, 0.25) is 11.8 Å². The molecule has 2 aliphatic rings. The van der Waals surface area contributed by atoms with Crippen molar-refractivity contribution in [2.45, 2.75) is 39.0 Å². The molecule has 10 nitrogen and oxygen atoms in total. The Labute approximate surface area is 197 Å². The van der Waals surface area contributed by atoms with Gasteiger partial charge in [-0.15, -0.1) is 0 Å². The third kappa shape index (κ3) is 4.45. The van der Waals surface area contributed by atoms with E-state index in [9.17, 15) is 9.59 Å². The average molecular weight is 464 g/mol. The van der Waals surface area contributed by atoms with E-state index in [1.54, 1.807) is 22.1 Å². The van der Waals surface area contributed by atoms with Gasteiger partial charge in [0.05, 0.1) is 36.3 Å². The topological polar surface area (TPSA) is 105 Å². The zero-order valence-corrected chi connectivity index (χ0v) is 19.4. The summed E-state index contributed by atoms with van der Waals surface area (Å²) in [4.78, 5) is 38.0. The van der Waals surface area contributed by atoms with Gasteiger partial charge in [0.15, 0.2) is 5.65 Å². The van der Waals surface area contributed by atoms with Crippen LogP contribution >= 0.6 is 0 Å². The minimum absolute atomic E-state index is 0.0274. The van der Waals surface area contributed by atoms with Crippen molar-refractivity contribution in [3.63, 3.8) is 0 Å². The first kappa shape index (κ1) is 22.3. The highest BCUT2D eigenvalue weighted by Gasteiger charge is 2.35. The van der Waals surface area contributed by atoms with Gasteiger partial charge in [0.1, 0.15) is 12.1 Å². The Kier molecular flexibility index (Phi) is 6.14. The second-order valence-electron chi connectivity index (χ2n) is 9.00. The molecular formula is C24H29N7O3. The van der Waals surface area contributed by atoms with Crippen molar-refractivity contribution in [2.75, 3.05) is 36.0 Å². The smallest absolute Gasteiger partial charge is 0.227 e. The Morgan fingerprint density at radius 1 is 1.12 bits per heavy atom. The number of hydrogen-bond acceptors (Lipinski definition) is 7. The Morgan fingerprint density at radius 2 is 1.88 bits per heavy atom. The maximum absolute atomic E-state index is 12.7. The zero-order chi connectivity index (χ0) is 23.7. The van der Waals surface area contributed by atoms with Crippen LogP contribution in [0.15, 0.2) is 42.9 Å². The molecule has 0 saturated carbocycles. The summed E-state index contributed by atoms with van der Waals surface area (Å²) in [6, 6.07) is 9.45. The summed E-state index contributed by atoms with van der Waals surface area (Å²) in [6.45, 7) is 6.91. The Morgan fingerprint density at radius 3 is 2.65 bits per heavy atom. The number of rotatable bonds is 6. The van der Waals surface area contributed by atoms with Crippen LogP contribution in [0.3, 0.4) is 0 Å². The number of para-hydroxylation sites is 1.